The number of aliphatic imine (C=N–C) groups is 1. The van der Waals surface area contributed by atoms with Crippen LogP contribution in [0.15, 0.2) is 62.9 Å². The van der Waals surface area contributed by atoms with Crippen LogP contribution in [0.3, 0.4) is 0 Å². The minimum Gasteiger partial charge on any atom is -0.493 e. The minimum absolute atomic E-state index is 0.0686. The lowest BCUT2D eigenvalue weighted by molar-refractivity contribution is -0.132. The van der Waals surface area contributed by atoms with E-state index in [9.17, 15) is 28.8 Å². The summed E-state index contributed by atoms with van der Waals surface area (Å²) in [6.45, 7) is 9.59. The second kappa shape index (κ2) is 34.4. The third kappa shape index (κ3) is 23.1. The van der Waals surface area contributed by atoms with Gasteiger partial charge in [-0.2, -0.15) is 5.10 Å². The van der Waals surface area contributed by atoms with Crippen LogP contribution in [-0.2, 0) is 57.6 Å². The molecule has 3 aromatic heterocycles. The highest BCUT2D eigenvalue weighted by molar-refractivity contribution is 5.98. The molecule has 3 heterocycles. The van der Waals surface area contributed by atoms with Crippen LogP contribution in [0.25, 0.3) is 11.0 Å². The molecule has 0 spiro atoms. The van der Waals surface area contributed by atoms with Crippen molar-refractivity contribution < 1.29 is 56.8 Å². The zero-order chi connectivity index (χ0) is 56.8. The summed E-state index contributed by atoms with van der Waals surface area (Å²) in [6, 6.07) is 11.4. The van der Waals surface area contributed by atoms with Crippen molar-refractivity contribution in [1.82, 2.24) is 30.5 Å². The van der Waals surface area contributed by atoms with E-state index < -0.39 is 29.3 Å². The number of fused-ring (bicyclic) bond motifs is 1. The summed E-state index contributed by atoms with van der Waals surface area (Å²) in [5.74, 6) is -1.60. The number of nitrogens with one attached hydrogen (secondary N) is 3. The molecule has 5 aromatic rings. The van der Waals surface area contributed by atoms with Crippen LogP contribution in [-0.4, -0.2) is 133 Å². The Morgan fingerprint density at radius 2 is 1.46 bits per heavy atom. The average Bonchev–Trinajstić information content (AvgIpc) is 4.01. The largest absolute Gasteiger partial charge is 0.493 e. The standard InChI is InChI=1S/C55H77N11O13/c1-37-27-52(70)79-51-30-42(13-14-49(37)51)61-54(72)41(9-4-5-16-56)29-45(69)34-60-53(71)40(10-6-17-59-55(57)58)28-44(68)15-21-73-23-25-75-26-24-74-22-18-66-35-43(64-65-66)11-7-19-76-46-31-47(33-48(32-46)78-36-67)77-20-8-12-50-38(2)62-63-39(50)3/h13-14,27,30-33,35-36,40-41H,4-12,15-26,28-29,34,56H2,1-3H3,(H,60,71)(H,61,72)(H,62,63)(H4,57,58,59). The van der Waals surface area contributed by atoms with Gasteiger partial charge in [-0.15, -0.1) is 5.10 Å². The molecule has 24 heteroatoms. The number of nitrogens with two attached hydrogens (primary N) is 3. The third-order valence-electron chi connectivity index (χ3n) is 12.7. The summed E-state index contributed by atoms with van der Waals surface area (Å²) in [6.07, 6.45) is 6.99. The van der Waals surface area contributed by atoms with E-state index in [-0.39, 0.29) is 76.1 Å². The molecule has 0 fully saturated rings. The van der Waals surface area contributed by atoms with Gasteiger partial charge in [0.05, 0.1) is 77.3 Å². The number of aromatic amines is 1. The number of hydrogen-bond donors (Lipinski definition) is 6. The topological polar surface area (TPSA) is 345 Å². The van der Waals surface area contributed by atoms with Gasteiger partial charge in [0, 0.05) is 90.9 Å². The summed E-state index contributed by atoms with van der Waals surface area (Å²) in [5.41, 5.74) is 21.6. The summed E-state index contributed by atoms with van der Waals surface area (Å²) in [7, 11) is 0. The number of ether oxygens (including phenoxy) is 6. The van der Waals surface area contributed by atoms with Gasteiger partial charge >= 0.3 is 5.63 Å². The number of hydrogen-bond acceptors (Lipinski definition) is 18. The third-order valence-corrected chi connectivity index (χ3v) is 12.7. The van der Waals surface area contributed by atoms with Crippen LogP contribution in [0.1, 0.15) is 92.4 Å². The lowest BCUT2D eigenvalue weighted by Gasteiger charge is -2.18. The number of benzene rings is 2. The molecular formula is C55H77N11O13. The van der Waals surface area contributed by atoms with Gasteiger partial charge in [-0.3, -0.25) is 34.1 Å². The lowest BCUT2D eigenvalue weighted by Crippen LogP contribution is -2.37. The van der Waals surface area contributed by atoms with Crippen molar-refractivity contribution in [3.8, 4) is 17.2 Å². The zero-order valence-corrected chi connectivity index (χ0v) is 45.6. The molecule has 0 aliphatic rings. The van der Waals surface area contributed by atoms with E-state index in [0.29, 0.717) is 120 Å². The van der Waals surface area contributed by atoms with Crippen LogP contribution >= 0.6 is 0 Å². The fourth-order valence-electron chi connectivity index (χ4n) is 8.54. The van der Waals surface area contributed by atoms with E-state index in [1.165, 1.54) is 11.6 Å². The van der Waals surface area contributed by atoms with E-state index >= 15 is 0 Å². The molecule has 2 unspecified atom stereocenters. The molecule has 0 aliphatic heterocycles. The van der Waals surface area contributed by atoms with Gasteiger partial charge < -0.3 is 60.7 Å². The molecular weight excluding hydrogens is 1020 g/mol. The second-order valence-corrected chi connectivity index (χ2v) is 19.0. The number of ketones is 2. The molecule has 0 saturated heterocycles. The Hall–Kier alpha value is -7.54. The Labute approximate surface area is 459 Å². The van der Waals surface area contributed by atoms with E-state index in [4.69, 9.17) is 50.0 Å². The van der Waals surface area contributed by atoms with Crippen molar-refractivity contribution in [2.24, 2.45) is 34.0 Å². The first-order chi connectivity index (χ1) is 38.2. The van der Waals surface area contributed by atoms with Gasteiger partial charge in [0.25, 0.3) is 6.47 Å². The number of guanidine groups is 1. The van der Waals surface area contributed by atoms with Crippen molar-refractivity contribution in [3.63, 3.8) is 0 Å². The number of carbonyl (C=O) groups excluding carboxylic acids is 5. The van der Waals surface area contributed by atoms with Gasteiger partial charge in [0.15, 0.2) is 11.7 Å². The monoisotopic (exact) mass is 1100 g/mol. The Morgan fingerprint density at radius 3 is 2.15 bits per heavy atom. The number of unbranched alkanes of at least 4 members (excludes halogenated alkanes) is 1. The van der Waals surface area contributed by atoms with E-state index in [1.54, 1.807) is 48.0 Å². The summed E-state index contributed by atoms with van der Waals surface area (Å²) < 4.78 is 40.9. The van der Waals surface area contributed by atoms with Crippen molar-refractivity contribution in [2.75, 3.05) is 77.8 Å². The van der Waals surface area contributed by atoms with Crippen LogP contribution in [0.4, 0.5) is 5.69 Å². The number of nitrogens with zero attached hydrogens (tertiary/aromatic N) is 5. The maximum atomic E-state index is 13.5. The van der Waals surface area contributed by atoms with E-state index in [2.05, 4.69) is 36.1 Å². The average molecular weight is 1100 g/mol. The number of Topliss-reactive ketones (excluding diaryl/α,β-unsaturated/α-hetero) is 2. The molecule has 5 rings (SSSR count). The minimum atomic E-state index is -0.752. The first kappa shape index (κ1) is 62.3. The summed E-state index contributed by atoms with van der Waals surface area (Å²) >= 11 is 0. The highest BCUT2D eigenvalue weighted by Gasteiger charge is 2.25. The van der Waals surface area contributed by atoms with Gasteiger partial charge in [-0.25, -0.2) is 9.48 Å². The quantitative estimate of drug-likeness (QED) is 0.0105. The molecule has 24 nitrogen and oxygen atoms in total. The van der Waals surface area contributed by atoms with Crippen molar-refractivity contribution in [3.05, 3.63) is 87.3 Å². The molecule has 2 amide bonds. The Bertz CT molecular complexity index is 2790. The molecule has 9 N–H and O–H groups in total. The number of carbonyl (C=O) groups is 5. The lowest BCUT2D eigenvalue weighted by atomic mass is 9.93. The highest BCUT2D eigenvalue weighted by atomic mass is 16.5. The molecule has 0 radical (unpaired) electrons. The SMILES string of the molecule is Cc1n[nH]c(C)c1CCCOc1cc(OC=O)cc(OCCCc2cn(CCOCCOCCOCCC(=O)CC(CCCN=C(N)N)C(=O)NCC(=O)CC(CCCCN)C(=O)Nc3ccc4c(C)cc(=O)oc4c3)nn2)c1. The number of H-pyrrole nitrogens is 1. The van der Waals surface area contributed by atoms with Crippen LogP contribution in [0, 0.1) is 32.6 Å². The van der Waals surface area contributed by atoms with Crippen LogP contribution < -0.4 is 47.7 Å². The molecule has 0 aliphatic carbocycles. The van der Waals surface area contributed by atoms with Gasteiger partial charge in [-0.1, -0.05) is 11.6 Å². The zero-order valence-electron chi connectivity index (χ0n) is 45.6. The fourth-order valence-corrected chi connectivity index (χ4v) is 8.54. The Balaban J connectivity index is 0.927. The van der Waals surface area contributed by atoms with Crippen LogP contribution in [0.2, 0.25) is 0 Å². The van der Waals surface area contributed by atoms with Gasteiger partial charge in [0.1, 0.15) is 28.6 Å². The molecule has 79 heavy (non-hydrogen) atoms. The first-order valence-electron chi connectivity index (χ1n) is 26.8. The highest BCUT2D eigenvalue weighted by Crippen LogP contribution is 2.29. The number of anilines is 1. The Morgan fingerprint density at radius 1 is 0.785 bits per heavy atom. The fraction of sp³-hybridized carbons (Fsp3) is 0.527. The van der Waals surface area contributed by atoms with E-state index in [1.807, 2.05) is 20.0 Å². The Kier molecular flexibility index (Phi) is 27.1. The van der Waals surface area contributed by atoms with E-state index in [0.717, 1.165) is 40.9 Å². The number of amides is 2. The molecule has 0 saturated carbocycles. The number of aromatic nitrogens is 5. The van der Waals surface area contributed by atoms with Crippen molar-refractivity contribution >= 4 is 52.5 Å². The number of rotatable bonds is 41. The van der Waals surface area contributed by atoms with Gasteiger partial charge in [0.2, 0.25) is 11.8 Å². The predicted molar refractivity (Wildman–Crippen MR) is 294 cm³/mol. The number of aryl methyl sites for hydroxylation is 4. The smallest absolute Gasteiger partial charge is 0.336 e. The summed E-state index contributed by atoms with van der Waals surface area (Å²) in [4.78, 5) is 80.1. The molecule has 2 atom stereocenters. The maximum absolute atomic E-state index is 13.5. The van der Waals surface area contributed by atoms with Gasteiger partial charge in [-0.05, 0) is 102 Å². The molecule has 0 bridgehead atoms. The molecule has 430 valence electrons. The molecule has 2 aromatic carbocycles. The maximum Gasteiger partial charge on any atom is 0.336 e. The second-order valence-electron chi connectivity index (χ2n) is 19.0. The van der Waals surface area contributed by atoms with Crippen LogP contribution in [0.5, 0.6) is 17.2 Å². The predicted octanol–water partition coefficient (Wildman–Crippen LogP) is 4.12. The van der Waals surface area contributed by atoms with Crippen molar-refractivity contribution in [1.29, 1.82) is 0 Å². The normalized spacial score (nSPS) is 11.9. The first-order valence-corrected chi connectivity index (χ1v) is 26.8. The summed E-state index contributed by atoms with van der Waals surface area (Å²) in [5, 5.41) is 21.9. The van der Waals surface area contributed by atoms with Crippen molar-refractivity contribution in [2.45, 2.75) is 104 Å².